The highest BCUT2D eigenvalue weighted by Crippen LogP contribution is 2.34. The first-order chi connectivity index (χ1) is 10.3. The number of rotatable bonds is 4. The molecule has 2 N–H and O–H groups in total. The van der Waals surface area contributed by atoms with E-state index >= 15 is 0 Å². The van der Waals surface area contributed by atoms with Crippen molar-refractivity contribution in [2.45, 2.75) is 82.3 Å². The van der Waals surface area contributed by atoms with Gasteiger partial charge in [0.2, 0.25) is 5.91 Å². The van der Waals surface area contributed by atoms with Gasteiger partial charge in [0.25, 0.3) is 0 Å². The summed E-state index contributed by atoms with van der Waals surface area (Å²) >= 11 is 0. The van der Waals surface area contributed by atoms with Crippen LogP contribution in [0.5, 0.6) is 0 Å². The van der Waals surface area contributed by atoms with Gasteiger partial charge in [-0.05, 0) is 38.0 Å². The van der Waals surface area contributed by atoms with Crippen molar-refractivity contribution in [1.29, 1.82) is 0 Å². The molecule has 3 atom stereocenters. The van der Waals surface area contributed by atoms with Crippen LogP contribution in [0.15, 0.2) is 0 Å². The van der Waals surface area contributed by atoms with Crippen LogP contribution in [0, 0.1) is 5.92 Å². The van der Waals surface area contributed by atoms with Crippen LogP contribution in [0.1, 0.15) is 64.2 Å². The maximum atomic E-state index is 12.9. The van der Waals surface area contributed by atoms with Crippen molar-refractivity contribution >= 4 is 5.91 Å². The summed E-state index contributed by atoms with van der Waals surface area (Å²) in [7, 11) is 0. The van der Waals surface area contributed by atoms with Crippen molar-refractivity contribution in [1.82, 2.24) is 10.2 Å². The number of amides is 1. The highest BCUT2D eigenvalue weighted by Gasteiger charge is 2.40. The molecule has 3 fully saturated rings. The van der Waals surface area contributed by atoms with E-state index in [1.165, 1.54) is 44.9 Å². The fourth-order valence-corrected chi connectivity index (χ4v) is 4.68. The Hall–Kier alpha value is -0.610. The second kappa shape index (κ2) is 7.10. The molecule has 2 saturated carbocycles. The third kappa shape index (κ3) is 3.42. The van der Waals surface area contributed by atoms with Crippen LogP contribution >= 0.6 is 0 Å². The summed E-state index contributed by atoms with van der Waals surface area (Å²) in [5.41, 5.74) is 0. The zero-order valence-corrected chi connectivity index (χ0v) is 13.1. The molecule has 3 aliphatic rings. The van der Waals surface area contributed by atoms with E-state index in [0.717, 1.165) is 19.3 Å². The molecule has 21 heavy (non-hydrogen) atoms. The second-order valence-electron chi connectivity index (χ2n) is 7.15. The van der Waals surface area contributed by atoms with Gasteiger partial charge in [-0.1, -0.05) is 32.1 Å². The van der Waals surface area contributed by atoms with Crippen molar-refractivity contribution in [2.24, 2.45) is 5.92 Å². The molecule has 0 bridgehead atoms. The number of hydrogen-bond acceptors (Lipinski definition) is 3. The molecule has 4 heteroatoms. The van der Waals surface area contributed by atoms with E-state index in [1.807, 2.05) is 4.90 Å². The van der Waals surface area contributed by atoms with Gasteiger partial charge in [0.1, 0.15) is 0 Å². The third-order valence-corrected chi connectivity index (χ3v) is 5.80. The lowest BCUT2D eigenvalue weighted by molar-refractivity contribution is -0.136. The van der Waals surface area contributed by atoms with E-state index < -0.39 is 0 Å². The lowest BCUT2D eigenvalue weighted by Gasteiger charge is -2.35. The Morgan fingerprint density at radius 3 is 2.48 bits per heavy atom. The monoisotopic (exact) mass is 294 g/mol. The van der Waals surface area contributed by atoms with Crippen LogP contribution < -0.4 is 5.32 Å². The standard InChI is InChI=1S/C17H30N2O2/c20-11-10-19(14-7-2-1-3-8-14)17(21)16-12-13-6-4-5-9-15(13)18-16/h13-16,18,20H,1-12H2. The van der Waals surface area contributed by atoms with Gasteiger partial charge < -0.3 is 15.3 Å². The smallest absolute Gasteiger partial charge is 0.240 e. The Morgan fingerprint density at radius 2 is 1.76 bits per heavy atom. The van der Waals surface area contributed by atoms with Gasteiger partial charge in [-0.2, -0.15) is 0 Å². The van der Waals surface area contributed by atoms with Crippen LogP contribution in [0.4, 0.5) is 0 Å². The van der Waals surface area contributed by atoms with E-state index in [0.29, 0.717) is 24.5 Å². The molecule has 0 radical (unpaired) electrons. The summed E-state index contributed by atoms with van der Waals surface area (Å²) in [5, 5.41) is 12.9. The summed E-state index contributed by atoms with van der Waals surface area (Å²) in [4.78, 5) is 14.9. The summed E-state index contributed by atoms with van der Waals surface area (Å²) in [6, 6.07) is 0.935. The molecule has 1 heterocycles. The number of carbonyl (C=O) groups is 1. The van der Waals surface area contributed by atoms with Gasteiger partial charge >= 0.3 is 0 Å². The molecule has 3 rings (SSSR count). The maximum absolute atomic E-state index is 12.9. The van der Waals surface area contributed by atoms with Gasteiger partial charge in [-0.25, -0.2) is 0 Å². The minimum atomic E-state index is 0.00609. The van der Waals surface area contributed by atoms with Crippen LogP contribution in [0.2, 0.25) is 0 Å². The first-order valence-electron chi connectivity index (χ1n) is 8.97. The zero-order valence-electron chi connectivity index (χ0n) is 13.1. The highest BCUT2D eigenvalue weighted by atomic mass is 16.3. The van der Waals surface area contributed by atoms with E-state index in [1.54, 1.807) is 0 Å². The molecule has 1 aliphatic heterocycles. The number of carbonyl (C=O) groups excluding carboxylic acids is 1. The predicted molar refractivity (Wildman–Crippen MR) is 83.0 cm³/mol. The molecule has 1 saturated heterocycles. The molecule has 0 aromatic rings. The fourth-order valence-electron chi connectivity index (χ4n) is 4.68. The predicted octanol–water partition coefficient (Wildman–Crippen LogP) is 2.06. The summed E-state index contributed by atoms with van der Waals surface area (Å²) in [6.45, 7) is 0.596. The number of aliphatic hydroxyl groups is 1. The van der Waals surface area contributed by atoms with Crippen molar-refractivity contribution in [3.63, 3.8) is 0 Å². The quantitative estimate of drug-likeness (QED) is 0.834. The normalized spacial score (nSPS) is 33.7. The fraction of sp³-hybridized carbons (Fsp3) is 0.941. The van der Waals surface area contributed by atoms with Crippen LogP contribution in [-0.4, -0.2) is 47.2 Å². The Balaban J connectivity index is 1.63. The summed E-state index contributed by atoms with van der Waals surface area (Å²) < 4.78 is 0. The average molecular weight is 294 g/mol. The molecule has 1 amide bonds. The van der Waals surface area contributed by atoms with Crippen LogP contribution in [-0.2, 0) is 4.79 Å². The SMILES string of the molecule is O=C(C1CC2CCCCC2N1)N(CCO)C1CCCCC1. The van der Waals surface area contributed by atoms with E-state index in [4.69, 9.17) is 0 Å². The van der Waals surface area contributed by atoms with Crippen molar-refractivity contribution < 1.29 is 9.90 Å². The minimum Gasteiger partial charge on any atom is -0.395 e. The van der Waals surface area contributed by atoms with Gasteiger partial charge in [-0.3, -0.25) is 4.79 Å². The molecule has 0 aromatic heterocycles. The molecular formula is C17H30N2O2. The van der Waals surface area contributed by atoms with Crippen LogP contribution in [0.25, 0.3) is 0 Å². The Labute approximate surface area is 128 Å². The van der Waals surface area contributed by atoms with Crippen LogP contribution in [0.3, 0.4) is 0 Å². The number of fused-ring (bicyclic) bond motifs is 1. The number of nitrogens with one attached hydrogen (secondary N) is 1. The van der Waals surface area contributed by atoms with E-state index in [-0.39, 0.29) is 18.6 Å². The molecule has 0 spiro atoms. The highest BCUT2D eigenvalue weighted by molar-refractivity contribution is 5.82. The molecule has 2 aliphatic carbocycles. The van der Waals surface area contributed by atoms with E-state index in [9.17, 15) is 9.90 Å². The number of hydrogen-bond donors (Lipinski definition) is 2. The largest absolute Gasteiger partial charge is 0.395 e. The zero-order chi connectivity index (χ0) is 14.7. The third-order valence-electron chi connectivity index (χ3n) is 5.80. The van der Waals surface area contributed by atoms with Crippen molar-refractivity contribution in [3.8, 4) is 0 Å². The minimum absolute atomic E-state index is 0.00609. The first kappa shape index (κ1) is 15.3. The lowest BCUT2D eigenvalue weighted by atomic mass is 9.85. The Bertz CT molecular complexity index is 341. The molecular weight excluding hydrogens is 264 g/mol. The van der Waals surface area contributed by atoms with E-state index in [2.05, 4.69) is 5.32 Å². The van der Waals surface area contributed by atoms with Gasteiger partial charge in [0.15, 0.2) is 0 Å². The molecule has 120 valence electrons. The number of nitrogens with zero attached hydrogens (tertiary/aromatic N) is 1. The Kier molecular flexibility index (Phi) is 5.17. The second-order valence-corrected chi connectivity index (χ2v) is 7.15. The lowest BCUT2D eigenvalue weighted by Crippen LogP contribution is -2.51. The van der Waals surface area contributed by atoms with Crippen molar-refractivity contribution in [3.05, 3.63) is 0 Å². The summed E-state index contributed by atoms with van der Waals surface area (Å²) in [6.07, 6.45) is 12.1. The molecule has 4 nitrogen and oxygen atoms in total. The molecule has 0 aromatic carbocycles. The summed E-state index contributed by atoms with van der Waals surface area (Å²) in [5.74, 6) is 0.959. The maximum Gasteiger partial charge on any atom is 0.240 e. The first-order valence-corrected chi connectivity index (χ1v) is 8.97. The Morgan fingerprint density at radius 1 is 1.05 bits per heavy atom. The van der Waals surface area contributed by atoms with Crippen molar-refractivity contribution in [2.75, 3.05) is 13.2 Å². The van der Waals surface area contributed by atoms with Gasteiger partial charge in [0, 0.05) is 18.6 Å². The van der Waals surface area contributed by atoms with Gasteiger partial charge in [0.05, 0.1) is 12.6 Å². The molecule has 3 unspecified atom stereocenters. The average Bonchev–Trinajstić information content (AvgIpc) is 2.97. The topological polar surface area (TPSA) is 52.6 Å². The van der Waals surface area contributed by atoms with Gasteiger partial charge in [-0.15, -0.1) is 0 Å². The number of aliphatic hydroxyl groups excluding tert-OH is 1.